The average molecular weight is 318 g/mol. The van der Waals surface area contributed by atoms with E-state index < -0.39 is 0 Å². The maximum absolute atomic E-state index is 12.0. The van der Waals surface area contributed by atoms with Crippen molar-refractivity contribution in [3.63, 3.8) is 0 Å². The van der Waals surface area contributed by atoms with Gasteiger partial charge in [-0.05, 0) is 45.1 Å². The minimum absolute atomic E-state index is 0.00409. The van der Waals surface area contributed by atoms with Crippen LogP contribution in [-0.4, -0.2) is 28.5 Å². The van der Waals surface area contributed by atoms with E-state index in [4.69, 9.17) is 0 Å². The molecule has 0 aromatic carbocycles. The Balaban J connectivity index is 1.96. The van der Waals surface area contributed by atoms with Crippen molar-refractivity contribution in [2.24, 2.45) is 0 Å². The Morgan fingerprint density at radius 1 is 1.32 bits per heavy atom. The molecule has 22 heavy (non-hydrogen) atoms. The lowest BCUT2D eigenvalue weighted by molar-refractivity contribution is -0.121. The molecule has 1 amide bonds. The van der Waals surface area contributed by atoms with Crippen molar-refractivity contribution in [3.8, 4) is 0 Å². The molecular formula is C16H22N4OS. The molecule has 0 bridgehead atoms. The molecular weight excluding hydrogens is 296 g/mol. The molecule has 5 nitrogen and oxygen atoms in total. The van der Waals surface area contributed by atoms with Crippen LogP contribution in [0.25, 0.3) is 10.2 Å². The van der Waals surface area contributed by atoms with Crippen molar-refractivity contribution in [1.29, 1.82) is 0 Å². The lowest BCUT2D eigenvalue weighted by atomic mass is 10.1. The van der Waals surface area contributed by atoms with E-state index >= 15 is 0 Å². The Kier molecular flexibility index (Phi) is 4.57. The highest BCUT2D eigenvalue weighted by Crippen LogP contribution is 2.37. The molecule has 1 aliphatic carbocycles. The second-order valence-electron chi connectivity index (χ2n) is 5.73. The Morgan fingerprint density at radius 2 is 2.14 bits per heavy atom. The Bertz CT molecular complexity index is 682. The summed E-state index contributed by atoms with van der Waals surface area (Å²) in [5, 5.41) is 7.23. The Hall–Kier alpha value is -1.69. The minimum Gasteiger partial charge on any atom is -0.358 e. The molecule has 0 unspecified atom stereocenters. The van der Waals surface area contributed by atoms with Crippen molar-refractivity contribution in [2.75, 3.05) is 11.9 Å². The number of nitrogens with one attached hydrogen (secondary N) is 2. The number of carbonyl (C=O) groups is 1. The summed E-state index contributed by atoms with van der Waals surface area (Å²) in [6.45, 7) is 4.42. The number of likely N-dealkylation sites (N-methyl/N-ethyl adjacent to an activating group) is 1. The van der Waals surface area contributed by atoms with E-state index in [1.807, 2.05) is 13.8 Å². The first-order valence-corrected chi connectivity index (χ1v) is 8.81. The fraction of sp³-hybridized carbons (Fsp3) is 0.562. The number of carbonyl (C=O) groups excluding carboxylic acids is 1. The molecule has 1 aliphatic rings. The fourth-order valence-electron chi connectivity index (χ4n) is 2.97. The van der Waals surface area contributed by atoms with E-state index in [-0.39, 0.29) is 11.9 Å². The lowest BCUT2D eigenvalue weighted by Gasteiger charge is -2.15. The third-order valence-corrected chi connectivity index (χ3v) is 5.30. The molecule has 2 aromatic rings. The Labute approximate surface area is 134 Å². The summed E-state index contributed by atoms with van der Waals surface area (Å²) in [6.07, 6.45) is 7.58. The van der Waals surface area contributed by atoms with Gasteiger partial charge in [-0.15, -0.1) is 11.3 Å². The van der Waals surface area contributed by atoms with E-state index in [9.17, 15) is 4.79 Å². The summed E-state index contributed by atoms with van der Waals surface area (Å²) in [6, 6.07) is -0.306. The van der Waals surface area contributed by atoms with Crippen molar-refractivity contribution in [2.45, 2.75) is 52.0 Å². The molecule has 0 saturated carbocycles. The van der Waals surface area contributed by atoms with E-state index in [0.717, 1.165) is 28.9 Å². The van der Waals surface area contributed by atoms with Gasteiger partial charge in [0.1, 0.15) is 23.0 Å². The van der Waals surface area contributed by atoms with E-state index in [2.05, 4.69) is 20.6 Å². The molecule has 0 saturated heterocycles. The van der Waals surface area contributed by atoms with Crippen LogP contribution in [0, 0.1) is 0 Å². The molecule has 3 rings (SSSR count). The lowest BCUT2D eigenvalue weighted by Crippen LogP contribution is -2.37. The molecule has 6 heteroatoms. The summed E-state index contributed by atoms with van der Waals surface area (Å²) in [5.41, 5.74) is 1.39. The molecule has 1 atom stereocenters. The van der Waals surface area contributed by atoms with Gasteiger partial charge in [0.15, 0.2) is 0 Å². The fourth-order valence-corrected chi connectivity index (χ4v) is 4.20. The van der Waals surface area contributed by atoms with Crippen LogP contribution in [0.1, 0.15) is 43.6 Å². The SMILES string of the molecule is CCNC(=O)[C@@H](C)Nc1ncnc2sc3c(c12)CCCCC3. The van der Waals surface area contributed by atoms with Gasteiger partial charge >= 0.3 is 0 Å². The normalized spacial score (nSPS) is 15.9. The monoisotopic (exact) mass is 318 g/mol. The van der Waals surface area contributed by atoms with Crippen LogP contribution in [-0.2, 0) is 17.6 Å². The summed E-state index contributed by atoms with van der Waals surface area (Å²) in [5.74, 6) is 0.790. The minimum atomic E-state index is -0.306. The van der Waals surface area contributed by atoms with Crippen molar-refractivity contribution < 1.29 is 4.79 Å². The third kappa shape index (κ3) is 2.92. The van der Waals surface area contributed by atoms with E-state index in [1.54, 1.807) is 17.7 Å². The van der Waals surface area contributed by atoms with Gasteiger partial charge in [0, 0.05) is 11.4 Å². The zero-order valence-electron chi connectivity index (χ0n) is 13.1. The molecule has 0 fully saturated rings. The van der Waals surface area contributed by atoms with Gasteiger partial charge in [0.25, 0.3) is 0 Å². The molecule has 118 valence electrons. The number of fused-ring (bicyclic) bond motifs is 3. The van der Waals surface area contributed by atoms with Crippen LogP contribution in [0.2, 0.25) is 0 Å². The zero-order chi connectivity index (χ0) is 15.5. The number of hydrogen-bond acceptors (Lipinski definition) is 5. The van der Waals surface area contributed by atoms with E-state index in [0.29, 0.717) is 6.54 Å². The van der Waals surface area contributed by atoms with E-state index in [1.165, 1.54) is 29.7 Å². The first kappa shape index (κ1) is 15.2. The number of amides is 1. The van der Waals surface area contributed by atoms with Gasteiger partial charge in [0.2, 0.25) is 5.91 Å². The quantitative estimate of drug-likeness (QED) is 0.851. The summed E-state index contributed by atoms with van der Waals surface area (Å²) < 4.78 is 0. The molecule has 2 aromatic heterocycles. The zero-order valence-corrected chi connectivity index (χ0v) is 13.9. The number of hydrogen-bond donors (Lipinski definition) is 2. The van der Waals surface area contributed by atoms with Crippen LogP contribution < -0.4 is 10.6 Å². The number of anilines is 1. The summed E-state index contributed by atoms with van der Waals surface area (Å²) in [7, 11) is 0. The highest BCUT2D eigenvalue weighted by molar-refractivity contribution is 7.18. The number of aryl methyl sites for hydroxylation is 2. The molecule has 0 spiro atoms. The van der Waals surface area contributed by atoms with Gasteiger partial charge in [0.05, 0.1) is 5.39 Å². The number of nitrogens with zero attached hydrogens (tertiary/aromatic N) is 2. The average Bonchev–Trinajstić information content (AvgIpc) is 2.70. The van der Waals surface area contributed by atoms with Crippen LogP contribution in [0.5, 0.6) is 0 Å². The first-order chi connectivity index (χ1) is 10.7. The van der Waals surface area contributed by atoms with Crippen LogP contribution in [0.3, 0.4) is 0 Å². The first-order valence-electron chi connectivity index (χ1n) is 8.00. The van der Waals surface area contributed by atoms with Crippen LogP contribution in [0.15, 0.2) is 6.33 Å². The van der Waals surface area contributed by atoms with Crippen molar-refractivity contribution >= 4 is 33.3 Å². The number of rotatable bonds is 4. The van der Waals surface area contributed by atoms with Gasteiger partial charge < -0.3 is 10.6 Å². The maximum Gasteiger partial charge on any atom is 0.242 e. The second-order valence-corrected chi connectivity index (χ2v) is 6.81. The molecule has 2 heterocycles. The summed E-state index contributed by atoms with van der Waals surface area (Å²) in [4.78, 5) is 23.3. The van der Waals surface area contributed by atoms with Crippen molar-refractivity contribution in [1.82, 2.24) is 15.3 Å². The highest BCUT2D eigenvalue weighted by Gasteiger charge is 2.21. The topological polar surface area (TPSA) is 66.9 Å². The molecule has 0 radical (unpaired) electrons. The largest absolute Gasteiger partial charge is 0.358 e. The van der Waals surface area contributed by atoms with Gasteiger partial charge in [-0.1, -0.05) is 6.42 Å². The van der Waals surface area contributed by atoms with Gasteiger partial charge in [-0.25, -0.2) is 9.97 Å². The summed E-state index contributed by atoms with van der Waals surface area (Å²) >= 11 is 1.78. The van der Waals surface area contributed by atoms with Crippen LogP contribution >= 0.6 is 11.3 Å². The number of aromatic nitrogens is 2. The third-order valence-electron chi connectivity index (χ3n) is 4.10. The molecule has 2 N–H and O–H groups in total. The van der Waals surface area contributed by atoms with Gasteiger partial charge in [-0.2, -0.15) is 0 Å². The van der Waals surface area contributed by atoms with Crippen molar-refractivity contribution in [3.05, 3.63) is 16.8 Å². The smallest absolute Gasteiger partial charge is 0.242 e. The predicted octanol–water partition coefficient (Wildman–Crippen LogP) is 2.90. The molecule has 0 aliphatic heterocycles. The predicted molar refractivity (Wildman–Crippen MR) is 90.4 cm³/mol. The van der Waals surface area contributed by atoms with Crippen LogP contribution in [0.4, 0.5) is 5.82 Å². The highest BCUT2D eigenvalue weighted by atomic mass is 32.1. The maximum atomic E-state index is 12.0. The number of thiophene rings is 1. The van der Waals surface area contributed by atoms with Gasteiger partial charge in [-0.3, -0.25) is 4.79 Å². The standard InChI is InChI=1S/C16H22N4OS/c1-3-17-15(21)10(2)20-14-13-11-7-5-4-6-8-12(11)22-16(13)19-9-18-14/h9-10H,3-8H2,1-2H3,(H,17,21)(H,18,19,20)/t10-/m1/s1. The second kappa shape index (κ2) is 6.60. The Morgan fingerprint density at radius 3 is 2.95 bits per heavy atom.